The second kappa shape index (κ2) is 12.1. The van der Waals surface area contributed by atoms with E-state index in [2.05, 4.69) is 25.4 Å². The molecule has 0 fully saturated rings. The predicted octanol–water partition coefficient (Wildman–Crippen LogP) is 4.12. The molecule has 0 saturated heterocycles. The maximum absolute atomic E-state index is 12.9. The first-order valence-electron chi connectivity index (χ1n) is 10.5. The second-order valence-corrected chi connectivity index (χ2v) is 7.25. The Morgan fingerprint density at radius 2 is 1.54 bits per heavy atom. The number of amides is 2. The van der Waals surface area contributed by atoms with Crippen molar-refractivity contribution in [1.82, 2.24) is 5.32 Å². The SMILES string of the molecule is COC(=O)CNC(=O)Cc1ccc(NC(=O)c2ccccc2Nc2ccc(OC(F)F)cc2)cc1. The average Bonchev–Trinajstić information content (AvgIpc) is 2.85. The lowest BCUT2D eigenvalue weighted by molar-refractivity contribution is -0.141. The highest BCUT2D eigenvalue weighted by molar-refractivity contribution is 6.08. The summed E-state index contributed by atoms with van der Waals surface area (Å²) in [5.74, 6) is -1.21. The molecule has 0 aliphatic rings. The maximum Gasteiger partial charge on any atom is 0.387 e. The highest BCUT2D eigenvalue weighted by Gasteiger charge is 2.13. The third kappa shape index (κ3) is 7.81. The molecular weight excluding hydrogens is 460 g/mol. The molecule has 0 radical (unpaired) electrons. The highest BCUT2D eigenvalue weighted by atomic mass is 19.3. The lowest BCUT2D eigenvalue weighted by Gasteiger charge is -2.13. The number of hydrogen-bond donors (Lipinski definition) is 3. The molecule has 0 unspecified atom stereocenters. The number of alkyl halides is 2. The summed E-state index contributed by atoms with van der Waals surface area (Å²) in [4.78, 5) is 35.9. The number of carbonyl (C=O) groups is 3. The summed E-state index contributed by atoms with van der Waals surface area (Å²) in [6.45, 7) is -3.11. The first kappa shape index (κ1) is 25.2. The molecule has 0 saturated carbocycles. The quantitative estimate of drug-likeness (QED) is 0.375. The molecule has 3 N–H and O–H groups in total. The number of methoxy groups -OCH3 is 1. The van der Waals surface area contributed by atoms with Gasteiger partial charge in [-0.3, -0.25) is 14.4 Å². The van der Waals surface area contributed by atoms with Crippen LogP contribution < -0.4 is 20.7 Å². The molecule has 0 spiro atoms. The number of ether oxygens (including phenoxy) is 2. The van der Waals surface area contributed by atoms with Crippen molar-refractivity contribution in [2.75, 3.05) is 24.3 Å². The van der Waals surface area contributed by atoms with Crippen LogP contribution in [0.25, 0.3) is 0 Å². The minimum Gasteiger partial charge on any atom is -0.468 e. The molecular formula is C25H23F2N3O5. The van der Waals surface area contributed by atoms with Crippen LogP contribution in [-0.4, -0.2) is 38.0 Å². The predicted molar refractivity (Wildman–Crippen MR) is 126 cm³/mol. The third-order valence-corrected chi connectivity index (χ3v) is 4.76. The van der Waals surface area contributed by atoms with Gasteiger partial charge in [-0.1, -0.05) is 24.3 Å². The van der Waals surface area contributed by atoms with Gasteiger partial charge in [0.2, 0.25) is 5.91 Å². The summed E-state index contributed by atoms with van der Waals surface area (Å²) < 4.78 is 33.4. The number of para-hydroxylation sites is 1. The molecule has 0 aliphatic carbocycles. The van der Waals surface area contributed by atoms with Crippen LogP contribution in [0.15, 0.2) is 72.8 Å². The summed E-state index contributed by atoms with van der Waals surface area (Å²) >= 11 is 0. The highest BCUT2D eigenvalue weighted by Crippen LogP contribution is 2.24. The number of halogens is 2. The second-order valence-electron chi connectivity index (χ2n) is 7.25. The Hall–Kier alpha value is -4.47. The molecule has 182 valence electrons. The fourth-order valence-corrected chi connectivity index (χ4v) is 3.06. The zero-order valence-corrected chi connectivity index (χ0v) is 18.7. The summed E-state index contributed by atoms with van der Waals surface area (Å²) in [6, 6.07) is 19.5. The van der Waals surface area contributed by atoms with Crippen LogP contribution in [0.4, 0.5) is 25.8 Å². The molecule has 0 bridgehead atoms. The van der Waals surface area contributed by atoms with Crippen molar-refractivity contribution in [1.29, 1.82) is 0 Å². The number of rotatable bonds is 10. The fraction of sp³-hybridized carbons (Fsp3) is 0.160. The Bertz CT molecular complexity index is 1170. The molecule has 3 rings (SSSR count). The molecule has 0 aliphatic heterocycles. The topological polar surface area (TPSA) is 106 Å². The van der Waals surface area contributed by atoms with E-state index in [0.29, 0.717) is 28.2 Å². The first-order chi connectivity index (χ1) is 16.8. The van der Waals surface area contributed by atoms with Crippen LogP contribution in [0.5, 0.6) is 5.75 Å². The minimum absolute atomic E-state index is 0.0287. The number of hydrogen-bond acceptors (Lipinski definition) is 6. The maximum atomic E-state index is 12.9. The van der Waals surface area contributed by atoms with Crippen molar-refractivity contribution >= 4 is 34.8 Å². The van der Waals surface area contributed by atoms with Crippen LogP contribution in [-0.2, 0) is 20.7 Å². The van der Waals surface area contributed by atoms with E-state index in [-0.39, 0.29) is 30.5 Å². The fourth-order valence-electron chi connectivity index (χ4n) is 3.06. The molecule has 3 aromatic rings. The smallest absolute Gasteiger partial charge is 0.387 e. The van der Waals surface area contributed by atoms with E-state index in [0.717, 1.165) is 0 Å². The van der Waals surface area contributed by atoms with Crippen molar-refractivity contribution in [2.45, 2.75) is 13.0 Å². The van der Waals surface area contributed by atoms with Gasteiger partial charge in [-0.2, -0.15) is 8.78 Å². The van der Waals surface area contributed by atoms with Gasteiger partial charge < -0.3 is 25.4 Å². The summed E-state index contributed by atoms with van der Waals surface area (Å²) in [5, 5.41) is 8.35. The van der Waals surface area contributed by atoms with Gasteiger partial charge in [-0.25, -0.2) is 0 Å². The third-order valence-electron chi connectivity index (χ3n) is 4.76. The van der Waals surface area contributed by atoms with Gasteiger partial charge in [0.15, 0.2) is 0 Å². The van der Waals surface area contributed by atoms with E-state index < -0.39 is 12.6 Å². The van der Waals surface area contributed by atoms with E-state index in [1.807, 2.05) is 0 Å². The Labute approximate surface area is 200 Å². The van der Waals surface area contributed by atoms with Gasteiger partial charge in [-0.05, 0) is 54.1 Å². The van der Waals surface area contributed by atoms with Crippen LogP contribution in [0.3, 0.4) is 0 Å². The van der Waals surface area contributed by atoms with E-state index in [1.54, 1.807) is 60.7 Å². The molecule has 2 amide bonds. The van der Waals surface area contributed by atoms with Crippen LogP contribution in [0.2, 0.25) is 0 Å². The average molecular weight is 483 g/mol. The molecule has 3 aromatic carbocycles. The van der Waals surface area contributed by atoms with Crippen molar-refractivity contribution in [3.05, 3.63) is 83.9 Å². The van der Waals surface area contributed by atoms with Gasteiger partial charge in [0, 0.05) is 11.4 Å². The van der Waals surface area contributed by atoms with Gasteiger partial charge in [0.1, 0.15) is 12.3 Å². The minimum atomic E-state index is -2.91. The Morgan fingerprint density at radius 1 is 0.886 bits per heavy atom. The van der Waals surface area contributed by atoms with Crippen molar-refractivity contribution in [3.8, 4) is 5.75 Å². The largest absolute Gasteiger partial charge is 0.468 e. The van der Waals surface area contributed by atoms with Crippen molar-refractivity contribution < 1.29 is 32.6 Å². The van der Waals surface area contributed by atoms with E-state index in [9.17, 15) is 23.2 Å². The zero-order valence-electron chi connectivity index (χ0n) is 18.7. The van der Waals surface area contributed by atoms with Gasteiger partial charge in [0.05, 0.1) is 24.8 Å². The van der Waals surface area contributed by atoms with Crippen molar-refractivity contribution in [3.63, 3.8) is 0 Å². The Balaban J connectivity index is 1.61. The summed E-state index contributed by atoms with van der Waals surface area (Å²) in [7, 11) is 1.24. The zero-order chi connectivity index (χ0) is 25.2. The van der Waals surface area contributed by atoms with Gasteiger partial charge in [0.25, 0.3) is 5.91 Å². The monoisotopic (exact) mass is 483 g/mol. The van der Waals surface area contributed by atoms with Crippen LogP contribution in [0.1, 0.15) is 15.9 Å². The number of esters is 1. The normalized spacial score (nSPS) is 10.4. The van der Waals surface area contributed by atoms with Gasteiger partial charge >= 0.3 is 12.6 Å². The van der Waals surface area contributed by atoms with Crippen LogP contribution >= 0.6 is 0 Å². The van der Waals surface area contributed by atoms with Crippen LogP contribution in [0, 0.1) is 0 Å². The molecule has 0 atom stereocenters. The first-order valence-corrected chi connectivity index (χ1v) is 10.5. The summed E-state index contributed by atoms with van der Waals surface area (Å²) in [6.07, 6.45) is 0.0686. The van der Waals surface area contributed by atoms with Gasteiger partial charge in [-0.15, -0.1) is 0 Å². The number of carbonyl (C=O) groups excluding carboxylic acids is 3. The number of benzene rings is 3. The molecule has 8 nitrogen and oxygen atoms in total. The van der Waals surface area contributed by atoms with E-state index in [4.69, 9.17) is 0 Å². The molecule has 10 heteroatoms. The number of anilines is 3. The van der Waals surface area contributed by atoms with E-state index >= 15 is 0 Å². The van der Waals surface area contributed by atoms with E-state index in [1.165, 1.54) is 19.2 Å². The molecule has 0 heterocycles. The van der Waals surface area contributed by atoms with Crippen molar-refractivity contribution in [2.24, 2.45) is 0 Å². The number of nitrogens with one attached hydrogen (secondary N) is 3. The summed E-state index contributed by atoms with van der Waals surface area (Å²) in [5.41, 5.74) is 2.70. The molecule has 35 heavy (non-hydrogen) atoms. The lowest BCUT2D eigenvalue weighted by atomic mass is 10.1. The Morgan fingerprint density at radius 3 is 2.20 bits per heavy atom. The Kier molecular flexibility index (Phi) is 8.71. The standard InChI is InChI=1S/C25H23F2N3O5/c1-34-23(32)15-28-22(31)14-16-6-8-18(9-7-16)30-24(33)20-4-2-3-5-21(20)29-17-10-12-19(13-11-17)35-25(26)27/h2-13,25,29H,14-15H2,1H3,(H,28,31)(H,30,33). The lowest BCUT2D eigenvalue weighted by Crippen LogP contribution is -2.31. The molecule has 0 aromatic heterocycles.